The predicted octanol–water partition coefficient (Wildman–Crippen LogP) is 6.91. The molecule has 0 aliphatic carbocycles. The summed E-state index contributed by atoms with van der Waals surface area (Å²) in [5.74, 6) is 0. The molecule has 3 rings (SSSR count). The molecule has 5 heteroatoms. The average molecular weight is 422 g/mol. The Labute approximate surface area is 159 Å². The summed E-state index contributed by atoms with van der Waals surface area (Å²) in [6.07, 6.45) is 2.39. The van der Waals surface area contributed by atoms with Gasteiger partial charge in [-0.05, 0) is 49.8 Å². The highest BCUT2D eigenvalue weighted by molar-refractivity contribution is 9.10. The Bertz CT molecular complexity index is 904. The lowest BCUT2D eigenvalue weighted by Crippen LogP contribution is -2.02. The van der Waals surface area contributed by atoms with Gasteiger partial charge in [0.1, 0.15) is 4.49 Å². The maximum atomic E-state index is 5.81. The van der Waals surface area contributed by atoms with Crippen LogP contribution < -0.4 is 5.32 Å². The highest BCUT2D eigenvalue weighted by atomic mass is 79.9. The van der Waals surface area contributed by atoms with Crippen LogP contribution in [0.3, 0.4) is 0 Å². The molecule has 0 saturated carbocycles. The Balaban J connectivity index is 2.21. The minimum Gasteiger partial charge on any atom is -0.355 e. The normalized spacial score (nSPS) is 10.7. The van der Waals surface area contributed by atoms with Crippen LogP contribution in [-0.4, -0.2) is 4.98 Å². The summed E-state index contributed by atoms with van der Waals surface area (Å²) in [4.78, 5) is 4.72. The van der Waals surface area contributed by atoms with Crippen molar-refractivity contribution in [1.29, 1.82) is 0 Å². The molecule has 3 aromatic rings. The van der Waals surface area contributed by atoms with Crippen molar-refractivity contribution >= 4 is 61.4 Å². The first-order chi connectivity index (χ1) is 11.5. The SMILES string of the molecule is Cc1nc2ccc(Br)cc2c(Nc2ccccc2)c1CC=C(Cl)Cl. The fourth-order valence-electron chi connectivity index (χ4n) is 2.64. The van der Waals surface area contributed by atoms with Crippen LogP contribution in [0, 0.1) is 6.92 Å². The minimum atomic E-state index is 0.259. The highest BCUT2D eigenvalue weighted by Gasteiger charge is 2.13. The van der Waals surface area contributed by atoms with E-state index in [0.717, 1.165) is 38.0 Å². The number of hydrogen-bond acceptors (Lipinski definition) is 2. The molecule has 1 aromatic heterocycles. The van der Waals surface area contributed by atoms with E-state index in [9.17, 15) is 0 Å². The number of aromatic nitrogens is 1. The summed E-state index contributed by atoms with van der Waals surface area (Å²) in [7, 11) is 0. The Morgan fingerprint density at radius 2 is 1.92 bits per heavy atom. The van der Waals surface area contributed by atoms with E-state index in [1.807, 2.05) is 49.4 Å². The van der Waals surface area contributed by atoms with E-state index in [4.69, 9.17) is 28.2 Å². The summed E-state index contributed by atoms with van der Waals surface area (Å²) >= 11 is 15.2. The molecular formula is C19H15BrCl2N2. The van der Waals surface area contributed by atoms with E-state index in [2.05, 4.69) is 27.3 Å². The van der Waals surface area contributed by atoms with Crippen LogP contribution in [0.15, 0.2) is 63.6 Å². The molecule has 0 fully saturated rings. The molecule has 24 heavy (non-hydrogen) atoms. The van der Waals surface area contributed by atoms with Gasteiger partial charge in [-0.2, -0.15) is 0 Å². The van der Waals surface area contributed by atoms with Gasteiger partial charge in [0.2, 0.25) is 0 Å². The second-order valence-corrected chi connectivity index (χ2v) is 7.32. The zero-order valence-corrected chi connectivity index (χ0v) is 16.1. The van der Waals surface area contributed by atoms with Crippen molar-refractivity contribution in [3.05, 3.63) is 74.8 Å². The zero-order valence-electron chi connectivity index (χ0n) is 13.0. The van der Waals surface area contributed by atoms with Crippen LogP contribution in [0.4, 0.5) is 11.4 Å². The second-order valence-electron chi connectivity index (χ2n) is 5.40. The van der Waals surface area contributed by atoms with Crippen molar-refractivity contribution in [1.82, 2.24) is 4.98 Å². The first kappa shape index (κ1) is 17.3. The highest BCUT2D eigenvalue weighted by Crippen LogP contribution is 2.33. The number of nitrogens with zero attached hydrogens (tertiary/aromatic N) is 1. The maximum absolute atomic E-state index is 5.81. The van der Waals surface area contributed by atoms with Crippen molar-refractivity contribution < 1.29 is 0 Å². The molecule has 1 heterocycles. The third kappa shape index (κ3) is 3.92. The lowest BCUT2D eigenvalue weighted by molar-refractivity contribution is 1.14. The van der Waals surface area contributed by atoms with Gasteiger partial charge in [0.05, 0.1) is 11.2 Å². The van der Waals surface area contributed by atoms with E-state index < -0.39 is 0 Å². The summed E-state index contributed by atoms with van der Waals surface area (Å²) in [5, 5.41) is 4.58. The average Bonchev–Trinajstić information content (AvgIpc) is 2.55. The molecule has 0 spiro atoms. The van der Waals surface area contributed by atoms with Gasteiger partial charge in [-0.3, -0.25) is 4.98 Å². The van der Waals surface area contributed by atoms with Gasteiger partial charge >= 0.3 is 0 Å². The molecule has 0 saturated heterocycles. The van der Waals surface area contributed by atoms with Gasteiger partial charge in [0.25, 0.3) is 0 Å². The lowest BCUT2D eigenvalue weighted by atomic mass is 10.0. The van der Waals surface area contributed by atoms with Crippen LogP contribution in [0.1, 0.15) is 11.3 Å². The van der Waals surface area contributed by atoms with Crippen molar-refractivity contribution in [2.24, 2.45) is 0 Å². The number of halogens is 3. The monoisotopic (exact) mass is 420 g/mol. The Hall–Kier alpha value is -1.55. The summed E-state index contributed by atoms with van der Waals surface area (Å²) in [5.41, 5.74) is 5.01. The summed E-state index contributed by atoms with van der Waals surface area (Å²) in [6, 6.07) is 16.2. The first-order valence-electron chi connectivity index (χ1n) is 7.46. The van der Waals surface area contributed by atoms with E-state index in [1.165, 1.54) is 0 Å². The summed E-state index contributed by atoms with van der Waals surface area (Å²) in [6.45, 7) is 2.00. The number of allylic oxidation sites excluding steroid dienone is 1. The number of fused-ring (bicyclic) bond motifs is 1. The van der Waals surface area contributed by atoms with Gasteiger partial charge in [0, 0.05) is 26.8 Å². The van der Waals surface area contributed by atoms with Gasteiger partial charge in [-0.1, -0.05) is 57.3 Å². The molecule has 0 radical (unpaired) electrons. The van der Waals surface area contributed by atoms with Crippen molar-refractivity contribution in [2.75, 3.05) is 5.32 Å². The number of nitrogens with one attached hydrogen (secondary N) is 1. The molecule has 2 aromatic carbocycles. The fraction of sp³-hybridized carbons (Fsp3) is 0.105. The van der Waals surface area contributed by atoms with Gasteiger partial charge in [-0.25, -0.2) is 0 Å². The Morgan fingerprint density at radius 1 is 1.17 bits per heavy atom. The molecule has 1 N–H and O–H groups in total. The number of pyridine rings is 1. The van der Waals surface area contributed by atoms with Crippen molar-refractivity contribution in [2.45, 2.75) is 13.3 Å². The number of rotatable bonds is 4. The number of para-hydroxylation sites is 1. The van der Waals surface area contributed by atoms with Crippen LogP contribution in [0.25, 0.3) is 10.9 Å². The lowest BCUT2D eigenvalue weighted by Gasteiger charge is -2.17. The van der Waals surface area contributed by atoms with Crippen LogP contribution >= 0.6 is 39.1 Å². The predicted molar refractivity (Wildman–Crippen MR) is 107 cm³/mol. The Morgan fingerprint density at radius 3 is 2.62 bits per heavy atom. The molecule has 0 bridgehead atoms. The molecular weight excluding hydrogens is 407 g/mol. The molecule has 0 atom stereocenters. The number of hydrogen-bond donors (Lipinski definition) is 1. The quantitative estimate of drug-likeness (QED) is 0.494. The van der Waals surface area contributed by atoms with Gasteiger partial charge in [-0.15, -0.1) is 0 Å². The Kier molecular flexibility index (Phi) is 5.44. The third-order valence-corrected chi connectivity index (χ3v) is 4.56. The second kappa shape index (κ2) is 7.56. The van der Waals surface area contributed by atoms with Crippen LogP contribution in [0.2, 0.25) is 0 Å². The number of benzene rings is 2. The molecule has 122 valence electrons. The molecule has 0 aliphatic rings. The fourth-order valence-corrected chi connectivity index (χ4v) is 3.15. The number of aryl methyl sites for hydroxylation is 1. The molecule has 0 aliphatic heterocycles. The topological polar surface area (TPSA) is 24.9 Å². The molecule has 2 nitrogen and oxygen atoms in total. The van der Waals surface area contributed by atoms with Gasteiger partial charge < -0.3 is 5.32 Å². The van der Waals surface area contributed by atoms with Crippen LogP contribution in [0.5, 0.6) is 0 Å². The van der Waals surface area contributed by atoms with Gasteiger partial charge in [0.15, 0.2) is 0 Å². The first-order valence-corrected chi connectivity index (χ1v) is 9.01. The third-order valence-electron chi connectivity index (χ3n) is 3.76. The maximum Gasteiger partial charge on any atom is 0.103 e. The largest absolute Gasteiger partial charge is 0.355 e. The van der Waals surface area contributed by atoms with Crippen molar-refractivity contribution in [3.63, 3.8) is 0 Å². The van der Waals surface area contributed by atoms with E-state index in [1.54, 1.807) is 6.08 Å². The smallest absolute Gasteiger partial charge is 0.103 e. The van der Waals surface area contributed by atoms with E-state index in [0.29, 0.717) is 6.42 Å². The molecule has 0 amide bonds. The number of anilines is 2. The standard InChI is InChI=1S/C19H15BrCl2N2/c1-12-15(8-10-18(21)22)19(24-14-5-3-2-4-6-14)16-11-13(20)7-9-17(16)23-12/h2-7,9-11H,8H2,1H3,(H,23,24). The van der Waals surface area contributed by atoms with Crippen molar-refractivity contribution in [3.8, 4) is 0 Å². The molecule has 0 unspecified atom stereocenters. The summed E-state index contributed by atoms with van der Waals surface area (Å²) < 4.78 is 1.27. The minimum absolute atomic E-state index is 0.259. The zero-order chi connectivity index (χ0) is 17.1. The van der Waals surface area contributed by atoms with Crippen LogP contribution in [-0.2, 0) is 6.42 Å². The van der Waals surface area contributed by atoms with E-state index >= 15 is 0 Å². The van der Waals surface area contributed by atoms with E-state index in [-0.39, 0.29) is 4.49 Å².